The topological polar surface area (TPSA) is 41.1 Å². The number of nitrogens with one attached hydrogen (secondary N) is 2. The third-order valence-corrected chi connectivity index (χ3v) is 3.65. The van der Waals surface area contributed by atoms with Crippen molar-refractivity contribution in [1.82, 2.24) is 5.32 Å². The molecule has 0 radical (unpaired) electrons. The molecule has 1 aliphatic heterocycles. The maximum atomic E-state index is 12.2. The van der Waals surface area contributed by atoms with E-state index in [1.807, 2.05) is 19.9 Å². The van der Waals surface area contributed by atoms with Crippen molar-refractivity contribution in [3.05, 3.63) is 29.3 Å². The first kappa shape index (κ1) is 16.0. The second-order valence-electron chi connectivity index (χ2n) is 5.38. The fraction of sp³-hybridized carbons (Fsp3) is 0.533. The monoisotopic (exact) mass is 282 g/mol. The van der Waals surface area contributed by atoms with Gasteiger partial charge in [-0.3, -0.25) is 4.79 Å². The summed E-state index contributed by atoms with van der Waals surface area (Å²) in [5.41, 5.74) is 3.25. The minimum atomic E-state index is 0. The average Bonchev–Trinajstić information content (AvgIpc) is 2.34. The summed E-state index contributed by atoms with van der Waals surface area (Å²) < 4.78 is 0. The van der Waals surface area contributed by atoms with Crippen LogP contribution in [0.2, 0.25) is 0 Å². The quantitative estimate of drug-likeness (QED) is 0.875. The number of rotatable bonds is 2. The minimum absolute atomic E-state index is 0. The number of aryl methyl sites for hydroxylation is 2. The van der Waals surface area contributed by atoms with Crippen LogP contribution in [-0.2, 0) is 4.79 Å². The Morgan fingerprint density at radius 2 is 2.11 bits per heavy atom. The van der Waals surface area contributed by atoms with Crippen LogP contribution in [0.3, 0.4) is 0 Å². The highest BCUT2D eigenvalue weighted by Gasteiger charge is 2.24. The SMILES string of the molecule is Cc1ccc(C)c(NC(=O)[C@H]2CCN[C@@H](C)C2)c1.Cl. The van der Waals surface area contributed by atoms with Gasteiger partial charge in [0.15, 0.2) is 0 Å². The van der Waals surface area contributed by atoms with Gasteiger partial charge < -0.3 is 10.6 Å². The van der Waals surface area contributed by atoms with Crippen LogP contribution in [0.4, 0.5) is 5.69 Å². The molecule has 2 rings (SSSR count). The molecule has 1 aromatic carbocycles. The van der Waals surface area contributed by atoms with E-state index in [0.717, 1.165) is 30.6 Å². The van der Waals surface area contributed by atoms with Crippen LogP contribution in [0.15, 0.2) is 18.2 Å². The smallest absolute Gasteiger partial charge is 0.227 e. The summed E-state index contributed by atoms with van der Waals surface area (Å²) in [7, 11) is 0. The van der Waals surface area contributed by atoms with Gasteiger partial charge in [-0.1, -0.05) is 12.1 Å². The molecular formula is C15H23ClN2O. The van der Waals surface area contributed by atoms with Gasteiger partial charge in [-0.05, 0) is 57.4 Å². The van der Waals surface area contributed by atoms with Gasteiger partial charge in [0.1, 0.15) is 0 Å². The molecule has 0 aliphatic carbocycles. The maximum Gasteiger partial charge on any atom is 0.227 e. The number of amides is 1. The van der Waals surface area contributed by atoms with Gasteiger partial charge in [-0.2, -0.15) is 0 Å². The van der Waals surface area contributed by atoms with Gasteiger partial charge >= 0.3 is 0 Å². The van der Waals surface area contributed by atoms with E-state index in [9.17, 15) is 4.79 Å². The Bertz CT molecular complexity index is 448. The fourth-order valence-corrected chi connectivity index (χ4v) is 2.48. The van der Waals surface area contributed by atoms with Crippen LogP contribution in [0.5, 0.6) is 0 Å². The molecule has 1 amide bonds. The first-order chi connectivity index (χ1) is 8.56. The number of hydrogen-bond donors (Lipinski definition) is 2. The van der Waals surface area contributed by atoms with Crippen molar-refractivity contribution in [3.8, 4) is 0 Å². The van der Waals surface area contributed by atoms with Crippen molar-refractivity contribution in [3.63, 3.8) is 0 Å². The number of carbonyl (C=O) groups is 1. The third-order valence-electron chi connectivity index (χ3n) is 3.65. The van der Waals surface area contributed by atoms with Crippen LogP contribution < -0.4 is 10.6 Å². The lowest BCUT2D eigenvalue weighted by Crippen LogP contribution is -2.40. The molecule has 2 atom stereocenters. The highest BCUT2D eigenvalue weighted by Crippen LogP contribution is 2.21. The van der Waals surface area contributed by atoms with Gasteiger partial charge in [0.05, 0.1) is 0 Å². The standard InChI is InChI=1S/C15H22N2O.ClH/c1-10-4-5-11(2)14(8-10)17-15(18)13-6-7-16-12(3)9-13;/h4-5,8,12-13,16H,6-7,9H2,1-3H3,(H,17,18);1H/t12-,13-;/m0./s1. The van der Waals surface area contributed by atoms with Gasteiger partial charge in [0.25, 0.3) is 0 Å². The van der Waals surface area contributed by atoms with Crippen molar-refractivity contribution in [2.75, 3.05) is 11.9 Å². The molecule has 0 unspecified atom stereocenters. The van der Waals surface area contributed by atoms with E-state index in [4.69, 9.17) is 0 Å². The molecule has 0 spiro atoms. The molecule has 0 bridgehead atoms. The molecule has 4 heteroatoms. The van der Waals surface area contributed by atoms with Crippen LogP contribution in [0.25, 0.3) is 0 Å². The predicted octanol–water partition coefficient (Wildman–Crippen LogP) is 3.05. The molecule has 1 heterocycles. The molecule has 1 aromatic rings. The first-order valence-electron chi connectivity index (χ1n) is 6.68. The molecule has 3 nitrogen and oxygen atoms in total. The number of halogens is 1. The van der Waals surface area contributed by atoms with E-state index < -0.39 is 0 Å². The zero-order valence-corrected chi connectivity index (χ0v) is 12.6. The van der Waals surface area contributed by atoms with Crippen LogP contribution >= 0.6 is 12.4 Å². The van der Waals surface area contributed by atoms with Crippen molar-refractivity contribution >= 4 is 24.0 Å². The summed E-state index contributed by atoms with van der Waals surface area (Å²) >= 11 is 0. The van der Waals surface area contributed by atoms with Gasteiger partial charge in [-0.15, -0.1) is 12.4 Å². The summed E-state index contributed by atoms with van der Waals surface area (Å²) in [6.07, 6.45) is 1.86. The third kappa shape index (κ3) is 4.22. The number of hydrogen-bond acceptors (Lipinski definition) is 2. The summed E-state index contributed by atoms with van der Waals surface area (Å²) in [6.45, 7) is 7.14. The Labute approximate surface area is 121 Å². The summed E-state index contributed by atoms with van der Waals surface area (Å²) in [6, 6.07) is 6.60. The van der Waals surface area contributed by atoms with E-state index >= 15 is 0 Å². The van der Waals surface area contributed by atoms with Crippen molar-refractivity contribution in [1.29, 1.82) is 0 Å². The lowest BCUT2D eigenvalue weighted by atomic mass is 9.92. The Balaban J connectivity index is 0.00000180. The molecular weight excluding hydrogens is 260 g/mol. The fourth-order valence-electron chi connectivity index (χ4n) is 2.48. The number of anilines is 1. The number of carbonyl (C=O) groups excluding carboxylic acids is 1. The Morgan fingerprint density at radius 1 is 1.37 bits per heavy atom. The van der Waals surface area contributed by atoms with Crippen LogP contribution in [0.1, 0.15) is 30.9 Å². The second kappa shape index (κ2) is 6.92. The lowest BCUT2D eigenvalue weighted by molar-refractivity contribution is -0.120. The normalized spacial score (nSPS) is 22.5. The van der Waals surface area contributed by atoms with E-state index in [2.05, 4.69) is 29.7 Å². The van der Waals surface area contributed by atoms with E-state index in [0.29, 0.717) is 6.04 Å². The summed E-state index contributed by atoms with van der Waals surface area (Å²) in [5.74, 6) is 0.304. The molecule has 1 aliphatic rings. The van der Waals surface area contributed by atoms with Gasteiger partial charge in [0, 0.05) is 17.6 Å². The van der Waals surface area contributed by atoms with Gasteiger partial charge in [-0.25, -0.2) is 0 Å². The largest absolute Gasteiger partial charge is 0.326 e. The highest BCUT2D eigenvalue weighted by molar-refractivity contribution is 5.93. The molecule has 0 saturated carbocycles. The van der Waals surface area contributed by atoms with E-state index in [1.165, 1.54) is 5.56 Å². The van der Waals surface area contributed by atoms with Crippen LogP contribution in [-0.4, -0.2) is 18.5 Å². The number of piperidine rings is 1. The van der Waals surface area contributed by atoms with Crippen molar-refractivity contribution in [2.24, 2.45) is 5.92 Å². The van der Waals surface area contributed by atoms with Crippen molar-refractivity contribution in [2.45, 2.75) is 39.7 Å². The second-order valence-corrected chi connectivity index (χ2v) is 5.38. The molecule has 1 saturated heterocycles. The molecule has 1 fully saturated rings. The molecule has 106 valence electrons. The Hall–Kier alpha value is -1.06. The van der Waals surface area contributed by atoms with Crippen LogP contribution in [0, 0.1) is 19.8 Å². The van der Waals surface area contributed by atoms with E-state index in [1.54, 1.807) is 0 Å². The number of benzene rings is 1. The summed E-state index contributed by atoms with van der Waals surface area (Å²) in [4.78, 5) is 12.2. The Kier molecular flexibility index (Phi) is 5.83. The first-order valence-corrected chi connectivity index (χ1v) is 6.68. The van der Waals surface area contributed by atoms with Crippen molar-refractivity contribution < 1.29 is 4.79 Å². The zero-order chi connectivity index (χ0) is 13.1. The maximum absolute atomic E-state index is 12.2. The zero-order valence-electron chi connectivity index (χ0n) is 11.8. The minimum Gasteiger partial charge on any atom is -0.326 e. The average molecular weight is 283 g/mol. The molecule has 19 heavy (non-hydrogen) atoms. The molecule has 0 aromatic heterocycles. The lowest BCUT2D eigenvalue weighted by Gasteiger charge is -2.27. The highest BCUT2D eigenvalue weighted by atomic mass is 35.5. The molecule has 2 N–H and O–H groups in total. The Morgan fingerprint density at radius 3 is 2.79 bits per heavy atom. The summed E-state index contributed by atoms with van der Waals surface area (Å²) in [5, 5.41) is 6.45. The van der Waals surface area contributed by atoms with E-state index in [-0.39, 0.29) is 24.2 Å². The van der Waals surface area contributed by atoms with Gasteiger partial charge in [0.2, 0.25) is 5.91 Å². The predicted molar refractivity (Wildman–Crippen MR) is 82.0 cm³/mol.